The van der Waals surface area contributed by atoms with Crippen molar-refractivity contribution in [2.75, 3.05) is 7.11 Å². The van der Waals surface area contributed by atoms with Gasteiger partial charge in [-0.05, 0) is 42.7 Å². The molecule has 4 rings (SSSR count). The third kappa shape index (κ3) is 2.80. The Balaban J connectivity index is 2.15. The minimum absolute atomic E-state index is 0.100. The molecule has 29 heavy (non-hydrogen) atoms. The normalized spacial score (nSPS) is 13.6. The van der Waals surface area contributed by atoms with Gasteiger partial charge in [0.1, 0.15) is 28.7 Å². The van der Waals surface area contributed by atoms with Gasteiger partial charge in [0.05, 0.1) is 12.8 Å². The molecule has 0 fully saturated rings. The molecule has 146 valence electrons. The third-order valence-electron chi connectivity index (χ3n) is 5.77. The minimum Gasteiger partial charge on any atom is -0.497 e. The van der Waals surface area contributed by atoms with Gasteiger partial charge in [-0.15, -0.1) is 0 Å². The van der Waals surface area contributed by atoms with Gasteiger partial charge in [-0.25, -0.2) is 0 Å². The fourth-order valence-corrected chi connectivity index (χ4v) is 4.18. The highest BCUT2D eigenvalue weighted by Gasteiger charge is 2.42. The van der Waals surface area contributed by atoms with Crippen LogP contribution in [0.15, 0.2) is 53.3 Å². The largest absolute Gasteiger partial charge is 0.497 e. The number of nitrogens with zero attached hydrogens (tertiary/aromatic N) is 1. The molecule has 0 saturated heterocycles. The lowest BCUT2D eigenvalue weighted by molar-refractivity contribution is 0.0547. The highest BCUT2D eigenvalue weighted by molar-refractivity contribution is 5.85. The number of H-pyrrole nitrogens is 1. The van der Waals surface area contributed by atoms with E-state index in [1.54, 1.807) is 7.11 Å². The van der Waals surface area contributed by atoms with Crippen molar-refractivity contribution in [1.29, 1.82) is 5.26 Å². The van der Waals surface area contributed by atoms with Gasteiger partial charge in [-0.2, -0.15) is 5.26 Å². The smallest absolute Gasteiger partial charge is 0.266 e. The number of aromatic nitrogens is 1. The van der Waals surface area contributed by atoms with E-state index in [-0.39, 0.29) is 5.56 Å². The van der Waals surface area contributed by atoms with Gasteiger partial charge in [-0.1, -0.05) is 38.1 Å². The van der Waals surface area contributed by atoms with Crippen LogP contribution in [-0.2, 0) is 5.60 Å². The molecule has 5 heteroatoms. The average Bonchev–Trinajstić information content (AvgIpc) is 2.77. The van der Waals surface area contributed by atoms with Crippen LogP contribution in [0.5, 0.6) is 11.5 Å². The molecule has 0 bridgehead atoms. The molecule has 2 aromatic carbocycles. The van der Waals surface area contributed by atoms with Crippen LogP contribution in [0.25, 0.3) is 22.4 Å². The van der Waals surface area contributed by atoms with Gasteiger partial charge < -0.3 is 14.5 Å². The average molecular weight is 386 g/mol. The number of pyridine rings is 1. The number of hydrogen-bond donors (Lipinski definition) is 1. The fourth-order valence-electron chi connectivity index (χ4n) is 4.18. The minimum atomic E-state index is -0.644. The zero-order chi connectivity index (χ0) is 20.6. The predicted molar refractivity (Wildman–Crippen MR) is 112 cm³/mol. The summed E-state index contributed by atoms with van der Waals surface area (Å²) < 4.78 is 11.8. The van der Waals surface area contributed by atoms with Crippen LogP contribution in [0.3, 0.4) is 0 Å². The lowest BCUT2D eigenvalue weighted by Crippen LogP contribution is -2.37. The molecule has 0 saturated carbocycles. The van der Waals surface area contributed by atoms with E-state index >= 15 is 0 Å². The number of methoxy groups -OCH3 is 1. The Morgan fingerprint density at radius 1 is 1.10 bits per heavy atom. The van der Waals surface area contributed by atoms with Gasteiger partial charge >= 0.3 is 0 Å². The molecule has 1 aliphatic rings. The summed E-state index contributed by atoms with van der Waals surface area (Å²) in [5.41, 5.74) is 2.91. The molecule has 3 aromatic rings. The third-order valence-corrected chi connectivity index (χ3v) is 5.77. The maximum Gasteiger partial charge on any atom is 0.266 e. The number of nitriles is 1. The highest BCUT2D eigenvalue weighted by atomic mass is 16.5. The van der Waals surface area contributed by atoms with E-state index in [4.69, 9.17) is 9.47 Å². The summed E-state index contributed by atoms with van der Waals surface area (Å²) in [7, 11) is 1.61. The first-order valence-electron chi connectivity index (χ1n) is 9.72. The first kappa shape index (κ1) is 18.8. The Hall–Kier alpha value is -3.52. The summed E-state index contributed by atoms with van der Waals surface area (Å²) in [6.07, 6.45) is 1.40. The summed E-state index contributed by atoms with van der Waals surface area (Å²) in [5.74, 6) is 1.45. The number of benzene rings is 2. The van der Waals surface area contributed by atoms with Crippen molar-refractivity contribution < 1.29 is 9.47 Å². The van der Waals surface area contributed by atoms with Crippen molar-refractivity contribution in [1.82, 2.24) is 4.98 Å². The van der Waals surface area contributed by atoms with E-state index in [1.807, 2.05) is 48.5 Å². The van der Waals surface area contributed by atoms with Crippen LogP contribution in [0.1, 0.15) is 37.8 Å². The Morgan fingerprint density at radius 2 is 1.79 bits per heavy atom. The van der Waals surface area contributed by atoms with Gasteiger partial charge in [0.15, 0.2) is 0 Å². The summed E-state index contributed by atoms with van der Waals surface area (Å²) in [6, 6.07) is 17.2. The van der Waals surface area contributed by atoms with E-state index in [0.29, 0.717) is 24.2 Å². The van der Waals surface area contributed by atoms with Crippen molar-refractivity contribution >= 4 is 0 Å². The Labute approximate surface area is 169 Å². The fraction of sp³-hybridized carbons (Fsp3) is 0.250. The second-order valence-electron chi connectivity index (χ2n) is 7.09. The van der Waals surface area contributed by atoms with Crippen LogP contribution in [-0.4, -0.2) is 12.1 Å². The van der Waals surface area contributed by atoms with Crippen molar-refractivity contribution in [2.45, 2.75) is 32.3 Å². The predicted octanol–water partition coefficient (Wildman–Crippen LogP) is 5.00. The number of fused-ring (bicyclic) bond motifs is 3. The SMILES string of the molecule is CCC1(CC)Oc2ccccc2-c2[nH]c(=O)c(C#N)c(-c3ccc(OC)cc3)c21. The van der Waals surface area contributed by atoms with Gasteiger partial charge in [0.25, 0.3) is 5.56 Å². The molecule has 0 radical (unpaired) electrons. The molecule has 2 heterocycles. The maximum atomic E-state index is 12.9. The molecule has 1 N–H and O–H groups in total. The van der Waals surface area contributed by atoms with Gasteiger partial charge in [-0.3, -0.25) is 4.79 Å². The lowest BCUT2D eigenvalue weighted by atomic mass is 9.77. The van der Waals surface area contributed by atoms with E-state index in [1.165, 1.54) is 0 Å². The molecular formula is C24H22N2O3. The van der Waals surface area contributed by atoms with Crippen LogP contribution < -0.4 is 15.0 Å². The molecule has 1 aromatic heterocycles. The number of ether oxygens (including phenoxy) is 2. The molecule has 0 aliphatic carbocycles. The zero-order valence-corrected chi connectivity index (χ0v) is 16.7. The molecular weight excluding hydrogens is 364 g/mol. The van der Waals surface area contributed by atoms with Crippen molar-refractivity contribution in [3.05, 3.63) is 70.0 Å². The van der Waals surface area contributed by atoms with Crippen LogP contribution >= 0.6 is 0 Å². The zero-order valence-electron chi connectivity index (χ0n) is 16.7. The van der Waals surface area contributed by atoms with Crippen molar-refractivity contribution in [3.63, 3.8) is 0 Å². The Bertz CT molecular complexity index is 1170. The number of nitrogens with one attached hydrogen (secondary N) is 1. The van der Waals surface area contributed by atoms with Crippen LogP contribution in [0.4, 0.5) is 0 Å². The van der Waals surface area contributed by atoms with E-state index in [2.05, 4.69) is 24.9 Å². The lowest BCUT2D eigenvalue weighted by Gasteiger charge is -2.40. The van der Waals surface area contributed by atoms with Gasteiger partial charge in [0, 0.05) is 16.7 Å². The van der Waals surface area contributed by atoms with E-state index < -0.39 is 11.2 Å². The number of rotatable bonds is 4. The highest BCUT2D eigenvalue weighted by Crippen LogP contribution is 2.50. The second kappa shape index (κ2) is 7.14. The molecule has 1 aliphatic heterocycles. The first-order valence-corrected chi connectivity index (χ1v) is 9.72. The summed E-state index contributed by atoms with van der Waals surface area (Å²) in [5, 5.41) is 9.84. The summed E-state index contributed by atoms with van der Waals surface area (Å²) in [6.45, 7) is 4.13. The topological polar surface area (TPSA) is 75.1 Å². The number of hydrogen-bond acceptors (Lipinski definition) is 4. The van der Waals surface area contributed by atoms with E-state index in [0.717, 1.165) is 28.1 Å². The maximum absolute atomic E-state index is 12.9. The first-order chi connectivity index (χ1) is 14.1. The number of para-hydroxylation sites is 1. The Morgan fingerprint density at radius 3 is 2.41 bits per heavy atom. The van der Waals surface area contributed by atoms with Gasteiger partial charge in [0.2, 0.25) is 0 Å². The number of aromatic amines is 1. The second-order valence-corrected chi connectivity index (χ2v) is 7.09. The van der Waals surface area contributed by atoms with Crippen molar-refractivity contribution in [3.8, 4) is 40.0 Å². The molecule has 0 unspecified atom stereocenters. The molecule has 0 amide bonds. The summed E-state index contributed by atoms with van der Waals surface area (Å²) >= 11 is 0. The molecule has 5 nitrogen and oxygen atoms in total. The van der Waals surface area contributed by atoms with Crippen LogP contribution in [0.2, 0.25) is 0 Å². The van der Waals surface area contributed by atoms with Crippen molar-refractivity contribution in [2.24, 2.45) is 0 Å². The standard InChI is InChI=1S/C24H22N2O3/c1-4-24(5-2)21-20(15-10-12-16(28-3)13-11-15)18(14-25)23(27)26-22(21)17-8-6-7-9-19(17)29-24/h6-13H,4-5H2,1-3H3,(H,26,27). The van der Waals surface area contributed by atoms with Crippen LogP contribution in [0, 0.1) is 11.3 Å². The van der Waals surface area contributed by atoms with E-state index in [9.17, 15) is 10.1 Å². The summed E-state index contributed by atoms with van der Waals surface area (Å²) in [4.78, 5) is 15.9. The monoisotopic (exact) mass is 386 g/mol. The molecule has 0 atom stereocenters. The quantitative estimate of drug-likeness (QED) is 0.685. The molecule has 0 spiro atoms. The Kier molecular flexibility index (Phi) is 4.63.